The summed E-state index contributed by atoms with van der Waals surface area (Å²) in [6.07, 6.45) is 2.53. The molecule has 1 spiro atoms. The third-order valence-electron chi connectivity index (χ3n) is 7.32. The lowest BCUT2D eigenvalue weighted by Crippen LogP contribution is -2.56. The van der Waals surface area contributed by atoms with E-state index in [1.54, 1.807) is 6.07 Å². The molecule has 2 saturated heterocycles. The van der Waals surface area contributed by atoms with Gasteiger partial charge in [0, 0.05) is 24.8 Å². The zero-order valence-electron chi connectivity index (χ0n) is 16.8. The molecule has 4 nitrogen and oxygen atoms in total. The third kappa shape index (κ3) is 2.51. The maximum atomic E-state index is 13.8. The summed E-state index contributed by atoms with van der Waals surface area (Å²) in [6.45, 7) is 2.15. The first-order valence-electron chi connectivity index (χ1n) is 10.7. The van der Waals surface area contributed by atoms with Gasteiger partial charge in [-0.1, -0.05) is 42.5 Å². The molecular formula is C25H24FN3O. The van der Waals surface area contributed by atoms with E-state index in [2.05, 4.69) is 51.5 Å². The van der Waals surface area contributed by atoms with Crippen molar-refractivity contribution in [3.63, 3.8) is 0 Å². The molecule has 2 heterocycles. The van der Waals surface area contributed by atoms with Crippen LogP contribution in [0.4, 0.5) is 10.1 Å². The summed E-state index contributed by atoms with van der Waals surface area (Å²) >= 11 is 0. The Balaban J connectivity index is 1.27. The minimum atomic E-state index is -0.582. The normalized spacial score (nSPS) is 22.8. The first-order valence-corrected chi connectivity index (χ1v) is 10.7. The summed E-state index contributed by atoms with van der Waals surface area (Å²) in [5.41, 5.74) is 3.03. The van der Waals surface area contributed by atoms with Crippen molar-refractivity contribution >= 4 is 22.4 Å². The average molecular weight is 401 g/mol. The molecule has 3 aliphatic rings. The predicted molar refractivity (Wildman–Crippen MR) is 116 cm³/mol. The van der Waals surface area contributed by atoms with Crippen LogP contribution in [0.25, 0.3) is 10.8 Å². The Morgan fingerprint density at radius 2 is 1.77 bits per heavy atom. The van der Waals surface area contributed by atoms with Gasteiger partial charge in [0.25, 0.3) is 0 Å². The van der Waals surface area contributed by atoms with Gasteiger partial charge in [0.15, 0.2) is 0 Å². The van der Waals surface area contributed by atoms with E-state index < -0.39 is 5.54 Å². The van der Waals surface area contributed by atoms with Crippen LogP contribution in [-0.2, 0) is 11.2 Å². The van der Waals surface area contributed by atoms with Gasteiger partial charge >= 0.3 is 0 Å². The summed E-state index contributed by atoms with van der Waals surface area (Å²) in [7, 11) is 0. The zero-order valence-corrected chi connectivity index (χ0v) is 16.8. The monoisotopic (exact) mass is 401 g/mol. The first kappa shape index (κ1) is 17.9. The lowest BCUT2D eigenvalue weighted by atomic mass is 9.84. The van der Waals surface area contributed by atoms with Gasteiger partial charge in [-0.05, 0) is 59.4 Å². The zero-order chi connectivity index (χ0) is 20.3. The number of nitrogens with one attached hydrogen (secondary N) is 1. The van der Waals surface area contributed by atoms with E-state index in [-0.39, 0.29) is 11.7 Å². The summed E-state index contributed by atoms with van der Waals surface area (Å²) in [6, 6.07) is 20.1. The molecule has 0 aromatic heterocycles. The van der Waals surface area contributed by atoms with Gasteiger partial charge in [0.1, 0.15) is 11.4 Å². The molecule has 152 valence electrons. The molecule has 1 amide bonds. The molecule has 5 heteroatoms. The smallest absolute Gasteiger partial charge is 0.247 e. The van der Waals surface area contributed by atoms with Gasteiger partial charge in [0.2, 0.25) is 5.91 Å². The largest absolute Gasteiger partial charge is 0.339 e. The summed E-state index contributed by atoms with van der Waals surface area (Å²) in [4.78, 5) is 17.5. The predicted octanol–water partition coefficient (Wildman–Crippen LogP) is 4.00. The van der Waals surface area contributed by atoms with E-state index in [1.165, 1.54) is 34.0 Å². The fraction of sp³-hybridized carbons (Fsp3) is 0.320. The molecule has 1 N–H and O–H groups in total. The maximum Gasteiger partial charge on any atom is 0.247 e. The second-order valence-electron chi connectivity index (χ2n) is 8.72. The van der Waals surface area contributed by atoms with Crippen LogP contribution < -0.4 is 10.2 Å². The van der Waals surface area contributed by atoms with Crippen molar-refractivity contribution in [1.82, 2.24) is 10.2 Å². The van der Waals surface area contributed by atoms with E-state index in [4.69, 9.17) is 0 Å². The van der Waals surface area contributed by atoms with Crippen LogP contribution in [0.1, 0.15) is 30.0 Å². The van der Waals surface area contributed by atoms with Gasteiger partial charge in [0.05, 0.1) is 6.67 Å². The highest BCUT2D eigenvalue weighted by Gasteiger charge is 2.51. The number of benzene rings is 3. The number of hydrogen-bond acceptors (Lipinski definition) is 3. The minimum absolute atomic E-state index is 0.0724. The number of nitrogens with zero attached hydrogens (tertiary/aromatic N) is 2. The number of piperidine rings is 1. The van der Waals surface area contributed by atoms with Crippen molar-refractivity contribution in [2.75, 3.05) is 24.7 Å². The van der Waals surface area contributed by atoms with Crippen LogP contribution in [-0.4, -0.2) is 36.1 Å². The van der Waals surface area contributed by atoms with Crippen molar-refractivity contribution in [3.8, 4) is 0 Å². The van der Waals surface area contributed by atoms with Crippen molar-refractivity contribution in [2.24, 2.45) is 0 Å². The quantitative estimate of drug-likeness (QED) is 0.705. The van der Waals surface area contributed by atoms with Gasteiger partial charge in [-0.2, -0.15) is 0 Å². The standard InChI is InChI=1S/C25H24FN3O/c26-19-7-3-8-20(15-19)29-16-27-24(30)25(29)10-12-28(13-11-25)22-14-18-6-1-4-17-5-2-9-21(22)23(17)18/h1-9,15,22H,10-14,16H2,(H,27,30). The van der Waals surface area contributed by atoms with Crippen molar-refractivity contribution in [3.05, 3.63) is 77.6 Å². The first-order chi connectivity index (χ1) is 14.7. The molecule has 0 saturated carbocycles. The van der Waals surface area contributed by atoms with Crippen LogP contribution in [0.2, 0.25) is 0 Å². The number of halogens is 1. The Hall–Kier alpha value is -2.92. The van der Waals surface area contributed by atoms with Crippen LogP contribution >= 0.6 is 0 Å². The number of likely N-dealkylation sites (tertiary alicyclic amines) is 1. The van der Waals surface area contributed by atoms with Gasteiger partial charge in [-0.15, -0.1) is 0 Å². The molecule has 3 aromatic rings. The average Bonchev–Trinajstić information content (AvgIpc) is 3.29. The Labute approximate surface area is 175 Å². The molecule has 1 atom stereocenters. The highest BCUT2D eigenvalue weighted by molar-refractivity contribution is 5.94. The molecule has 0 bridgehead atoms. The molecule has 30 heavy (non-hydrogen) atoms. The molecule has 1 unspecified atom stereocenters. The Bertz CT molecular complexity index is 1150. The maximum absolute atomic E-state index is 13.8. The Morgan fingerprint density at radius 3 is 2.57 bits per heavy atom. The highest BCUT2D eigenvalue weighted by Crippen LogP contribution is 2.43. The van der Waals surface area contributed by atoms with Gasteiger partial charge in [-0.3, -0.25) is 9.69 Å². The number of anilines is 1. The van der Waals surface area contributed by atoms with E-state index in [1.807, 2.05) is 6.07 Å². The minimum Gasteiger partial charge on any atom is -0.339 e. The second-order valence-corrected chi connectivity index (χ2v) is 8.72. The number of amides is 1. The SMILES string of the molecule is O=C1NCN(c2cccc(F)c2)C12CCN(C1Cc3cccc4cccc1c34)CC2. The number of carbonyl (C=O) groups excluding carboxylic acids is 1. The molecule has 3 aromatic carbocycles. The number of carbonyl (C=O) groups is 1. The van der Waals surface area contributed by atoms with Crippen LogP contribution in [0.5, 0.6) is 0 Å². The van der Waals surface area contributed by atoms with Crippen LogP contribution in [0.15, 0.2) is 60.7 Å². The lowest BCUT2D eigenvalue weighted by Gasteiger charge is -2.45. The van der Waals surface area contributed by atoms with Crippen molar-refractivity contribution in [1.29, 1.82) is 0 Å². The second kappa shape index (κ2) is 6.54. The molecule has 6 rings (SSSR count). The van der Waals surface area contributed by atoms with E-state index in [0.717, 1.165) is 38.0 Å². The molecule has 0 radical (unpaired) electrons. The number of hydrogen-bond donors (Lipinski definition) is 1. The van der Waals surface area contributed by atoms with E-state index in [0.29, 0.717) is 12.7 Å². The fourth-order valence-corrected chi connectivity index (χ4v) is 5.82. The number of rotatable bonds is 2. The van der Waals surface area contributed by atoms with Crippen LogP contribution in [0.3, 0.4) is 0 Å². The van der Waals surface area contributed by atoms with Crippen molar-refractivity contribution in [2.45, 2.75) is 30.8 Å². The van der Waals surface area contributed by atoms with Crippen molar-refractivity contribution < 1.29 is 9.18 Å². The Morgan fingerprint density at radius 1 is 1.00 bits per heavy atom. The Kier molecular flexibility index (Phi) is 3.90. The third-order valence-corrected chi connectivity index (χ3v) is 7.32. The van der Waals surface area contributed by atoms with Gasteiger partial charge < -0.3 is 10.2 Å². The lowest BCUT2D eigenvalue weighted by molar-refractivity contribution is -0.125. The molecule has 2 fully saturated rings. The molecular weight excluding hydrogens is 377 g/mol. The van der Waals surface area contributed by atoms with Crippen LogP contribution in [0, 0.1) is 5.82 Å². The summed E-state index contributed by atoms with van der Waals surface area (Å²) < 4.78 is 13.8. The fourth-order valence-electron chi connectivity index (χ4n) is 5.82. The summed E-state index contributed by atoms with van der Waals surface area (Å²) in [5, 5.41) is 5.73. The summed E-state index contributed by atoms with van der Waals surface area (Å²) in [5.74, 6) is -0.195. The molecule has 1 aliphatic carbocycles. The van der Waals surface area contributed by atoms with E-state index >= 15 is 0 Å². The molecule has 2 aliphatic heterocycles. The topological polar surface area (TPSA) is 35.6 Å². The highest BCUT2D eigenvalue weighted by atomic mass is 19.1. The van der Waals surface area contributed by atoms with Gasteiger partial charge in [-0.25, -0.2) is 4.39 Å². The van der Waals surface area contributed by atoms with E-state index in [9.17, 15) is 9.18 Å².